The summed E-state index contributed by atoms with van der Waals surface area (Å²) in [6.45, 7) is 1.17. The van der Waals surface area contributed by atoms with E-state index in [1.54, 1.807) is 29.2 Å². The zero-order valence-corrected chi connectivity index (χ0v) is 13.7. The Morgan fingerprint density at radius 1 is 1.16 bits per heavy atom. The standard InChI is InChI=1S/C18H18FN3O3/c19-15-7-2-1-6-14(15)16-10-13(25-20-16)11-21-8-9-22(12-4-3-5-12)18(24)17(21)23/h1-2,6-7,10,12H,3-5,8-9,11H2. The molecule has 6 nitrogen and oxygen atoms in total. The quantitative estimate of drug-likeness (QED) is 0.798. The SMILES string of the molecule is O=C1C(=O)N(C2CCC2)CCN1Cc1cc(-c2ccccc2F)no1. The van der Waals surface area contributed by atoms with E-state index >= 15 is 0 Å². The predicted molar refractivity (Wildman–Crippen MR) is 86.7 cm³/mol. The van der Waals surface area contributed by atoms with Crippen LogP contribution in [0, 0.1) is 5.82 Å². The number of rotatable bonds is 4. The highest BCUT2D eigenvalue weighted by Crippen LogP contribution is 2.27. The Kier molecular flexibility index (Phi) is 3.99. The van der Waals surface area contributed by atoms with E-state index in [0.717, 1.165) is 19.3 Å². The average Bonchev–Trinajstić information content (AvgIpc) is 3.01. The van der Waals surface area contributed by atoms with Crippen molar-refractivity contribution in [2.75, 3.05) is 13.1 Å². The van der Waals surface area contributed by atoms with Crippen LogP contribution in [0.2, 0.25) is 0 Å². The summed E-state index contributed by atoms with van der Waals surface area (Å²) < 4.78 is 19.0. The summed E-state index contributed by atoms with van der Waals surface area (Å²) in [6, 6.07) is 8.11. The summed E-state index contributed by atoms with van der Waals surface area (Å²) >= 11 is 0. The first-order valence-electron chi connectivity index (χ1n) is 8.44. The van der Waals surface area contributed by atoms with Gasteiger partial charge in [-0.05, 0) is 31.4 Å². The largest absolute Gasteiger partial charge is 0.359 e. The Balaban J connectivity index is 1.45. The number of halogens is 1. The maximum absolute atomic E-state index is 13.8. The molecule has 1 saturated heterocycles. The second kappa shape index (κ2) is 6.31. The van der Waals surface area contributed by atoms with Crippen LogP contribution in [0.15, 0.2) is 34.9 Å². The van der Waals surface area contributed by atoms with Crippen LogP contribution in [0.3, 0.4) is 0 Å². The van der Waals surface area contributed by atoms with E-state index in [-0.39, 0.29) is 18.4 Å². The van der Waals surface area contributed by atoms with E-state index in [1.807, 2.05) is 0 Å². The van der Waals surface area contributed by atoms with Crippen LogP contribution < -0.4 is 0 Å². The Hall–Kier alpha value is -2.70. The molecule has 2 aliphatic rings. The lowest BCUT2D eigenvalue weighted by atomic mass is 9.91. The number of nitrogens with zero attached hydrogens (tertiary/aromatic N) is 3. The Labute approximate surface area is 144 Å². The van der Waals surface area contributed by atoms with Crippen molar-refractivity contribution >= 4 is 11.8 Å². The summed E-state index contributed by atoms with van der Waals surface area (Å²) in [7, 11) is 0. The van der Waals surface area contributed by atoms with Crippen LogP contribution >= 0.6 is 0 Å². The highest BCUT2D eigenvalue weighted by Gasteiger charge is 2.38. The summed E-state index contributed by atoms with van der Waals surface area (Å²) in [6.07, 6.45) is 3.07. The second-order valence-corrected chi connectivity index (χ2v) is 6.47. The molecule has 2 heterocycles. The molecule has 1 aliphatic heterocycles. The third-order valence-corrected chi connectivity index (χ3v) is 4.91. The first-order valence-corrected chi connectivity index (χ1v) is 8.44. The smallest absolute Gasteiger partial charge is 0.312 e. The number of carbonyl (C=O) groups is 2. The van der Waals surface area contributed by atoms with Crippen LogP contribution in [-0.2, 0) is 16.1 Å². The third kappa shape index (κ3) is 2.90. The van der Waals surface area contributed by atoms with Crippen molar-refractivity contribution < 1.29 is 18.5 Å². The molecule has 2 aromatic rings. The van der Waals surface area contributed by atoms with Gasteiger partial charge in [-0.2, -0.15) is 0 Å². The summed E-state index contributed by atoms with van der Waals surface area (Å²) in [5.41, 5.74) is 0.717. The third-order valence-electron chi connectivity index (χ3n) is 4.91. The highest BCUT2D eigenvalue weighted by atomic mass is 19.1. The van der Waals surface area contributed by atoms with Crippen molar-refractivity contribution in [1.29, 1.82) is 0 Å². The first-order chi connectivity index (χ1) is 12.1. The minimum Gasteiger partial charge on any atom is -0.359 e. The first kappa shape index (κ1) is 15.8. The molecule has 4 rings (SSSR count). The fourth-order valence-corrected chi connectivity index (χ4v) is 3.26. The molecule has 2 amide bonds. The van der Waals surface area contributed by atoms with Crippen molar-refractivity contribution in [2.24, 2.45) is 0 Å². The van der Waals surface area contributed by atoms with Gasteiger partial charge in [-0.1, -0.05) is 17.3 Å². The molecule has 1 saturated carbocycles. The topological polar surface area (TPSA) is 66.7 Å². The van der Waals surface area contributed by atoms with E-state index in [1.165, 1.54) is 11.0 Å². The highest BCUT2D eigenvalue weighted by molar-refractivity contribution is 6.35. The van der Waals surface area contributed by atoms with Crippen molar-refractivity contribution in [2.45, 2.75) is 31.8 Å². The van der Waals surface area contributed by atoms with Crippen molar-refractivity contribution in [3.63, 3.8) is 0 Å². The molecule has 0 spiro atoms. The monoisotopic (exact) mass is 343 g/mol. The fourth-order valence-electron chi connectivity index (χ4n) is 3.26. The number of benzene rings is 1. The fraction of sp³-hybridized carbons (Fsp3) is 0.389. The molecule has 2 fully saturated rings. The molecule has 0 N–H and O–H groups in total. The number of carbonyl (C=O) groups excluding carboxylic acids is 2. The van der Waals surface area contributed by atoms with Crippen molar-refractivity contribution in [3.8, 4) is 11.3 Å². The lowest BCUT2D eigenvalue weighted by molar-refractivity contribution is -0.159. The molecular weight excluding hydrogens is 325 g/mol. The molecular formula is C18H18FN3O3. The molecule has 130 valence electrons. The van der Waals surface area contributed by atoms with E-state index in [2.05, 4.69) is 5.16 Å². The summed E-state index contributed by atoms with van der Waals surface area (Å²) in [4.78, 5) is 27.7. The Morgan fingerprint density at radius 2 is 1.96 bits per heavy atom. The van der Waals surface area contributed by atoms with Crippen LogP contribution in [-0.4, -0.2) is 45.9 Å². The molecule has 0 atom stereocenters. The predicted octanol–water partition coefficient (Wildman–Crippen LogP) is 2.20. The maximum atomic E-state index is 13.8. The van der Waals surface area contributed by atoms with Crippen LogP contribution in [0.5, 0.6) is 0 Å². The summed E-state index contributed by atoms with van der Waals surface area (Å²) in [5.74, 6) is -0.911. The van der Waals surface area contributed by atoms with Crippen molar-refractivity contribution in [3.05, 3.63) is 41.9 Å². The zero-order valence-electron chi connectivity index (χ0n) is 13.7. The van der Waals surface area contributed by atoms with Crippen LogP contribution in [0.25, 0.3) is 11.3 Å². The van der Waals surface area contributed by atoms with Gasteiger partial charge in [0, 0.05) is 30.8 Å². The average molecular weight is 343 g/mol. The summed E-state index contributed by atoms with van der Waals surface area (Å²) in [5, 5.41) is 3.87. The number of hydrogen-bond donors (Lipinski definition) is 0. The minimum absolute atomic E-state index is 0.157. The minimum atomic E-state index is -0.512. The van der Waals surface area contributed by atoms with E-state index in [0.29, 0.717) is 30.1 Å². The van der Waals surface area contributed by atoms with E-state index in [4.69, 9.17) is 4.52 Å². The van der Waals surface area contributed by atoms with Gasteiger partial charge in [0.1, 0.15) is 11.5 Å². The lowest BCUT2D eigenvalue weighted by Crippen LogP contribution is -2.58. The van der Waals surface area contributed by atoms with Crippen molar-refractivity contribution in [1.82, 2.24) is 15.0 Å². The Morgan fingerprint density at radius 3 is 2.68 bits per heavy atom. The number of hydrogen-bond acceptors (Lipinski definition) is 4. The van der Waals surface area contributed by atoms with Gasteiger partial charge in [-0.15, -0.1) is 0 Å². The van der Waals surface area contributed by atoms with Gasteiger partial charge in [-0.3, -0.25) is 9.59 Å². The van der Waals surface area contributed by atoms with Gasteiger partial charge in [0.05, 0.1) is 6.54 Å². The van der Waals surface area contributed by atoms with Gasteiger partial charge in [0.25, 0.3) is 0 Å². The molecule has 25 heavy (non-hydrogen) atoms. The number of amides is 2. The van der Waals surface area contributed by atoms with Gasteiger partial charge in [0.15, 0.2) is 5.76 Å². The molecule has 0 radical (unpaired) electrons. The Bertz CT molecular complexity index is 815. The zero-order chi connectivity index (χ0) is 17.4. The van der Waals surface area contributed by atoms with E-state index in [9.17, 15) is 14.0 Å². The molecule has 7 heteroatoms. The molecule has 0 bridgehead atoms. The number of aromatic nitrogens is 1. The normalized spacial score (nSPS) is 18.6. The molecule has 1 aliphatic carbocycles. The lowest BCUT2D eigenvalue weighted by Gasteiger charge is -2.41. The number of piperazine rings is 1. The maximum Gasteiger partial charge on any atom is 0.312 e. The molecule has 0 unspecified atom stereocenters. The second-order valence-electron chi connectivity index (χ2n) is 6.47. The van der Waals surface area contributed by atoms with Gasteiger partial charge < -0.3 is 14.3 Å². The van der Waals surface area contributed by atoms with Crippen LogP contribution in [0.4, 0.5) is 4.39 Å². The van der Waals surface area contributed by atoms with Gasteiger partial charge in [-0.25, -0.2) is 4.39 Å². The molecule has 1 aromatic heterocycles. The van der Waals surface area contributed by atoms with Gasteiger partial charge in [0.2, 0.25) is 0 Å². The van der Waals surface area contributed by atoms with Crippen LogP contribution in [0.1, 0.15) is 25.0 Å². The molecule has 1 aromatic carbocycles. The van der Waals surface area contributed by atoms with Gasteiger partial charge >= 0.3 is 11.8 Å². The van der Waals surface area contributed by atoms with E-state index < -0.39 is 11.8 Å².